The third kappa shape index (κ3) is 5.43. The summed E-state index contributed by atoms with van der Waals surface area (Å²) in [7, 11) is 1.53. The van der Waals surface area contributed by atoms with Crippen molar-refractivity contribution in [2.75, 3.05) is 7.05 Å². The van der Waals surface area contributed by atoms with E-state index < -0.39 is 11.9 Å². The Kier molecular flexibility index (Phi) is 7.01. The molecule has 1 atom stereocenters. The average Bonchev–Trinajstić information content (AvgIpc) is 3.53. The smallest absolute Gasteiger partial charge is 0.287 e. The zero-order chi connectivity index (χ0) is 24.9. The molecule has 0 saturated heterocycles. The van der Waals surface area contributed by atoms with Crippen molar-refractivity contribution in [2.24, 2.45) is 5.92 Å². The standard InChI is InChI=1S/C27H27N3O5/c1-16(2)24(27(33)28-3)30-26(32)22-12-11-21(34-22)18-9-6-7-17(13-18)15-29-25(31)23-14-19-8-4-5-10-20(19)35-23/h4-14,16,24H,15H2,1-3H3,(H,28,33)(H,29,31)(H,30,32)/t24-/m0/s1. The SMILES string of the molecule is CNC(=O)[C@@H](NC(=O)c1ccc(-c2cccc(CNC(=O)c3cc4ccccc4o3)c2)o1)C(C)C. The maximum absolute atomic E-state index is 12.6. The number of carbonyl (C=O) groups is 3. The lowest BCUT2D eigenvalue weighted by Crippen LogP contribution is -2.48. The van der Waals surface area contributed by atoms with Crippen molar-refractivity contribution in [1.82, 2.24) is 16.0 Å². The minimum Gasteiger partial charge on any atom is -0.451 e. The Hall–Kier alpha value is -4.33. The summed E-state index contributed by atoms with van der Waals surface area (Å²) in [6.07, 6.45) is 0. The van der Waals surface area contributed by atoms with Crippen molar-refractivity contribution >= 4 is 28.7 Å². The normalized spacial score (nSPS) is 11.9. The Labute approximate surface area is 202 Å². The van der Waals surface area contributed by atoms with Crippen LogP contribution in [0.15, 0.2) is 75.6 Å². The number of likely N-dealkylation sites (N-methyl/N-ethyl adjacent to an activating group) is 1. The highest BCUT2D eigenvalue weighted by Gasteiger charge is 2.25. The summed E-state index contributed by atoms with van der Waals surface area (Å²) in [6, 6.07) is 19.2. The number of fused-ring (bicyclic) bond motifs is 1. The van der Waals surface area contributed by atoms with Gasteiger partial charge in [0.1, 0.15) is 17.4 Å². The van der Waals surface area contributed by atoms with Gasteiger partial charge in [-0.1, -0.05) is 50.2 Å². The Bertz CT molecular complexity index is 1330. The molecule has 0 fully saturated rings. The molecule has 4 aromatic rings. The van der Waals surface area contributed by atoms with Crippen molar-refractivity contribution < 1.29 is 23.2 Å². The zero-order valence-electron chi connectivity index (χ0n) is 19.8. The monoisotopic (exact) mass is 473 g/mol. The molecule has 3 N–H and O–H groups in total. The average molecular weight is 474 g/mol. The molecular weight excluding hydrogens is 446 g/mol. The van der Waals surface area contributed by atoms with Gasteiger partial charge >= 0.3 is 0 Å². The molecule has 0 radical (unpaired) electrons. The van der Waals surface area contributed by atoms with E-state index >= 15 is 0 Å². The van der Waals surface area contributed by atoms with Gasteiger partial charge < -0.3 is 24.8 Å². The first kappa shape index (κ1) is 23.8. The van der Waals surface area contributed by atoms with Gasteiger partial charge in [-0.05, 0) is 41.8 Å². The maximum atomic E-state index is 12.6. The summed E-state index contributed by atoms with van der Waals surface area (Å²) in [5.74, 6) is -0.259. The summed E-state index contributed by atoms with van der Waals surface area (Å²) < 4.78 is 11.4. The van der Waals surface area contributed by atoms with E-state index in [2.05, 4.69) is 16.0 Å². The predicted molar refractivity (Wildman–Crippen MR) is 132 cm³/mol. The molecular formula is C27H27N3O5. The van der Waals surface area contributed by atoms with Crippen LogP contribution in [-0.4, -0.2) is 30.8 Å². The van der Waals surface area contributed by atoms with E-state index in [1.165, 1.54) is 7.05 Å². The number of hydrogen-bond acceptors (Lipinski definition) is 5. The van der Waals surface area contributed by atoms with Crippen molar-refractivity contribution in [3.05, 3.63) is 83.8 Å². The topological polar surface area (TPSA) is 114 Å². The van der Waals surface area contributed by atoms with Crippen LogP contribution in [0.1, 0.15) is 40.5 Å². The van der Waals surface area contributed by atoms with E-state index in [9.17, 15) is 14.4 Å². The number of para-hydroxylation sites is 1. The molecule has 0 aliphatic carbocycles. The fourth-order valence-electron chi connectivity index (χ4n) is 3.72. The highest BCUT2D eigenvalue weighted by Crippen LogP contribution is 2.24. The minimum absolute atomic E-state index is 0.0835. The second-order valence-corrected chi connectivity index (χ2v) is 8.50. The van der Waals surface area contributed by atoms with Gasteiger partial charge in [0.25, 0.3) is 11.8 Å². The van der Waals surface area contributed by atoms with Crippen LogP contribution in [-0.2, 0) is 11.3 Å². The molecule has 2 aromatic carbocycles. The minimum atomic E-state index is -0.667. The Morgan fingerprint density at radius 1 is 0.857 bits per heavy atom. The third-order valence-corrected chi connectivity index (χ3v) is 5.63. The quantitative estimate of drug-likeness (QED) is 0.356. The maximum Gasteiger partial charge on any atom is 0.287 e. The largest absolute Gasteiger partial charge is 0.451 e. The van der Waals surface area contributed by atoms with Gasteiger partial charge in [-0.2, -0.15) is 0 Å². The van der Waals surface area contributed by atoms with Gasteiger partial charge in [0.2, 0.25) is 5.91 Å². The number of rotatable bonds is 8. The van der Waals surface area contributed by atoms with Crippen molar-refractivity contribution in [1.29, 1.82) is 0 Å². The summed E-state index contributed by atoms with van der Waals surface area (Å²) in [6.45, 7) is 4.00. The van der Waals surface area contributed by atoms with Gasteiger partial charge in [-0.3, -0.25) is 14.4 Å². The van der Waals surface area contributed by atoms with E-state index in [1.54, 1.807) is 18.2 Å². The van der Waals surface area contributed by atoms with Gasteiger partial charge in [0.15, 0.2) is 11.5 Å². The number of benzene rings is 2. The molecule has 2 aromatic heterocycles. The molecule has 0 saturated carbocycles. The van der Waals surface area contributed by atoms with E-state index in [4.69, 9.17) is 8.83 Å². The van der Waals surface area contributed by atoms with Crippen LogP contribution in [0.3, 0.4) is 0 Å². The highest BCUT2D eigenvalue weighted by molar-refractivity contribution is 5.96. The molecule has 8 heteroatoms. The van der Waals surface area contributed by atoms with E-state index in [-0.39, 0.29) is 29.3 Å². The second kappa shape index (κ2) is 10.3. The summed E-state index contributed by atoms with van der Waals surface area (Å²) in [5, 5.41) is 9.00. The van der Waals surface area contributed by atoms with Gasteiger partial charge in [-0.15, -0.1) is 0 Å². The van der Waals surface area contributed by atoms with Crippen molar-refractivity contribution in [3.63, 3.8) is 0 Å². The highest BCUT2D eigenvalue weighted by atomic mass is 16.4. The van der Waals surface area contributed by atoms with Crippen LogP contribution in [0.25, 0.3) is 22.3 Å². The first-order chi connectivity index (χ1) is 16.9. The van der Waals surface area contributed by atoms with Gasteiger partial charge in [0, 0.05) is 24.5 Å². The fourth-order valence-corrected chi connectivity index (χ4v) is 3.72. The van der Waals surface area contributed by atoms with Crippen molar-refractivity contribution in [3.8, 4) is 11.3 Å². The molecule has 0 bridgehead atoms. The molecule has 3 amide bonds. The van der Waals surface area contributed by atoms with E-state index in [1.807, 2.05) is 62.4 Å². The number of hydrogen-bond donors (Lipinski definition) is 3. The van der Waals surface area contributed by atoms with Crippen LogP contribution < -0.4 is 16.0 Å². The van der Waals surface area contributed by atoms with E-state index in [0.29, 0.717) is 17.9 Å². The Morgan fingerprint density at radius 2 is 1.66 bits per heavy atom. The lowest BCUT2D eigenvalue weighted by molar-refractivity contribution is -0.123. The molecule has 8 nitrogen and oxygen atoms in total. The van der Waals surface area contributed by atoms with Crippen LogP contribution in [0.5, 0.6) is 0 Å². The molecule has 180 valence electrons. The van der Waals surface area contributed by atoms with Crippen LogP contribution in [0, 0.1) is 5.92 Å². The number of furan rings is 2. The zero-order valence-corrected chi connectivity index (χ0v) is 19.8. The number of amides is 3. The van der Waals surface area contributed by atoms with Gasteiger partial charge in [-0.25, -0.2) is 0 Å². The molecule has 35 heavy (non-hydrogen) atoms. The Morgan fingerprint density at radius 3 is 2.40 bits per heavy atom. The molecule has 4 rings (SSSR count). The van der Waals surface area contributed by atoms with Crippen LogP contribution in [0.4, 0.5) is 0 Å². The fraction of sp³-hybridized carbons (Fsp3) is 0.222. The summed E-state index contributed by atoms with van der Waals surface area (Å²) >= 11 is 0. The number of nitrogens with one attached hydrogen (secondary N) is 3. The molecule has 0 unspecified atom stereocenters. The first-order valence-corrected chi connectivity index (χ1v) is 11.3. The van der Waals surface area contributed by atoms with Gasteiger partial charge in [0.05, 0.1) is 0 Å². The summed E-state index contributed by atoms with van der Waals surface area (Å²) in [4.78, 5) is 37.2. The third-order valence-electron chi connectivity index (χ3n) is 5.63. The lowest BCUT2D eigenvalue weighted by Gasteiger charge is -2.19. The van der Waals surface area contributed by atoms with E-state index in [0.717, 1.165) is 16.5 Å². The van der Waals surface area contributed by atoms with Crippen LogP contribution >= 0.6 is 0 Å². The Balaban J connectivity index is 1.42. The van der Waals surface area contributed by atoms with Crippen molar-refractivity contribution in [2.45, 2.75) is 26.4 Å². The molecule has 0 spiro atoms. The van der Waals surface area contributed by atoms with Crippen LogP contribution in [0.2, 0.25) is 0 Å². The first-order valence-electron chi connectivity index (χ1n) is 11.3. The molecule has 0 aliphatic heterocycles. The lowest BCUT2D eigenvalue weighted by atomic mass is 10.0. The number of carbonyl (C=O) groups excluding carboxylic acids is 3. The summed E-state index contributed by atoms with van der Waals surface area (Å²) in [5.41, 5.74) is 2.27. The molecule has 2 heterocycles. The second-order valence-electron chi connectivity index (χ2n) is 8.50. The molecule has 0 aliphatic rings. The predicted octanol–water partition coefficient (Wildman–Crippen LogP) is 4.12.